The Kier molecular flexibility index (Phi) is 9.23. The van der Waals surface area contributed by atoms with Crippen molar-refractivity contribution in [2.45, 2.75) is 63.6 Å². The molecule has 4 rings (SSSR count). The Hall–Kier alpha value is -2.33. The molecule has 0 aromatic heterocycles. The maximum atomic E-state index is 13.1. The summed E-state index contributed by atoms with van der Waals surface area (Å²) < 4.78 is 33.6. The van der Waals surface area contributed by atoms with Gasteiger partial charge in [0.2, 0.25) is 15.6 Å². The lowest BCUT2D eigenvalue weighted by Crippen LogP contribution is -2.46. The minimum atomic E-state index is -4.04. The topological polar surface area (TPSA) is 107 Å². The van der Waals surface area contributed by atoms with E-state index >= 15 is 0 Å². The van der Waals surface area contributed by atoms with E-state index in [1.54, 1.807) is 12.1 Å². The van der Waals surface area contributed by atoms with Crippen LogP contribution >= 0.6 is 11.6 Å². The van der Waals surface area contributed by atoms with Gasteiger partial charge in [-0.2, -0.15) is 0 Å². The van der Waals surface area contributed by atoms with Crippen molar-refractivity contribution < 1.29 is 28.2 Å². The number of carboxylic acid groups (broad SMARTS) is 1. The molecule has 0 spiro atoms. The van der Waals surface area contributed by atoms with E-state index in [0.717, 1.165) is 73.5 Å². The van der Waals surface area contributed by atoms with Gasteiger partial charge in [0, 0.05) is 31.7 Å². The third-order valence-corrected chi connectivity index (χ3v) is 9.72. The number of fused-ring (bicyclic) bond motifs is 2. The largest absolute Gasteiger partial charge is 0.487 e. The number of aliphatic hydroxyl groups is 1. The van der Waals surface area contributed by atoms with Gasteiger partial charge in [-0.15, -0.1) is 0 Å². The molecule has 2 heterocycles. The first kappa shape index (κ1) is 28.7. The number of hydrogen-bond acceptors (Lipinski definition) is 6. The highest BCUT2D eigenvalue weighted by Gasteiger charge is 2.44. The molecular weight excluding hydrogens is 528 g/mol. The van der Waals surface area contributed by atoms with Crippen LogP contribution in [-0.2, 0) is 33.4 Å². The van der Waals surface area contributed by atoms with Crippen LogP contribution in [0.15, 0.2) is 36.4 Å². The number of benzene rings is 2. The Morgan fingerprint density at radius 3 is 2.37 bits per heavy atom. The van der Waals surface area contributed by atoms with Crippen LogP contribution in [0.5, 0.6) is 5.75 Å². The van der Waals surface area contributed by atoms with Crippen molar-refractivity contribution in [1.82, 2.24) is 4.31 Å². The van der Waals surface area contributed by atoms with Crippen molar-refractivity contribution in [3.63, 3.8) is 0 Å². The van der Waals surface area contributed by atoms with Crippen molar-refractivity contribution in [2.24, 2.45) is 0 Å². The second-order valence-corrected chi connectivity index (χ2v) is 12.9. The molecule has 0 saturated heterocycles. The van der Waals surface area contributed by atoms with Crippen LogP contribution in [0.3, 0.4) is 0 Å². The summed E-state index contributed by atoms with van der Waals surface area (Å²) in [5.41, 5.74) is 0.260. The highest BCUT2D eigenvalue weighted by Crippen LogP contribution is 2.37. The fraction of sp³-hybridized carbons (Fsp3) is 0.536. The van der Waals surface area contributed by atoms with E-state index in [0.29, 0.717) is 29.5 Å². The van der Waals surface area contributed by atoms with Gasteiger partial charge < -0.3 is 19.8 Å². The van der Waals surface area contributed by atoms with Crippen molar-refractivity contribution in [3.8, 4) is 5.75 Å². The Morgan fingerprint density at radius 2 is 1.63 bits per heavy atom. The zero-order valence-corrected chi connectivity index (χ0v) is 23.4. The smallest absolute Gasteiger partial charge is 0.341 e. The Morgan fingerprint density at radius 1 is 0.947 bits per heavy atom. The van der Waals surface area contributed by atoms with Crippen LogP contribution in [-0.4, -0.2) is 61.3 Å². The first-order valence-electron chi connectivity index (χ1n) is 13.3. The molecular formula is C28H37ClN2O6S. The van der Waals surface area contributed by atoms with E-state index in [-0.39, 0.29) is 12.1 Å². The van der Waals surface area contributed by atoms with Gasteiger partial charge in [0.15, 0.2) is 0 Å². The average Bonchev–Trinajstić information content (AvgIpc) is 2.90. The first-order valence-corrected chi connectivity index (χ1v) is 15.3. The Labute approximate surface area is 230 Å². The molecule has 2 aliphatic rings. The molecule has 10 heteroatoms. The summed E-state index contributed by atoms with van der Waals surface area (Å²) in [4.78, 5) is 14.6. The molecule has 0 radical (unpaired) electrons. The molecule has 2 N–H and O–H groups in total. The zero-order valence-electron chi connectivity index (χ0n) is 21.9. The van der Waals surface area contributed by atoms with E-state index in [2.05, 4.69) is 4.90 Å². The van der Waals surface area contributed by atoms with Crippen LogP contribution in [0, 0.1) is 0 Å². The number of anilines is 1. The molecule has 0 aliphatic carbocycles. The number of rotatable bonds is 1. The number of hydrogen-bond donors (Lipinski definition) is 2. The molecule has 1 atom stereocenters. The highest BCUT2D eigenvalue weighted by atomic mass is 35.5. The lowest BCUT2D eigenvalue weighted by atomic mass is 9.95. The Balaban J connectivity index is 1.79. The van der Waals surface area contributed by atoms with Crippen molar-refractivity contribution in [2.75, 3.05) is 37.3 Å². The SMILES string of the molecule is CN1CCCCCCCN2CCCCc3cc(Cl)ccc3COc3ccc(cc32)[C@@](O)(C(=O)O)CS1(=O)=O. The predicted molar refractivity (Wildman–Crippen MR) is 148 cm³/mol. The molecule has 8 nitrogen and oxygen atoms in total. The summed E-state index contributed by atoms with van der Waals surface area (Å²) in [6.07, 6.45) is 7.22. The molecule has 0 saturated carbocycles. The van der Waals surface area contributed by atoms with Gasteiger partial charge in [0.05, 0.1) is 5.69 Å². The second kappa shape index (κ2) is 12.2. The van der Waals surface area contributed by atoms with Gasteiger partial charge in [0.1, 0.15) is 18.1 Å². The van der Waals surface area contributed by atoms with Gasteiger partial charge in [-0.05, 0) is 73.1 Å². The van der Waals surface area contributed by atoms with E-state index in [9.17, 15) is 23.4 Å². The molecule has 38 heavy (non-hydrogen) atoms. The lowest BCUT2D eigenvalue weighted by molar-refractivity contribution is -0.157. The van der Waals surface area contributed by atoms with Gasteiger partial charge in [-0.3, -0.25) is 0 Å². The van der Waals surface area contributed by atoms with Crippen LogP contribution in [0.1, 0.15) is 61.6 Å². The quantitative estimate of drug-likeness (QED) is 0.523. The molecule has 2 aromatic carbocycles. The highest BCUT2D eigenvalue weighted by molar-refractivity contribution is 7.89. The maximum absolute atomic E-state index is 13.1. The van der Waals surface area contributed by atoms with E-state index < -0.39 is 27.3 Å². The summed E-state index contributed by atoms with van der Waals surface area (Å²) in [5.74, 6) is -1.98. The lowest BCUT2D eigenvalue weighted by Gasteiger charge is -2.30. The molecule has 2 bridgehead atoms. The van der Waals surface area contributed by atoms with Crippen LogP contribution in [0.25, 0.3) is 0 Å². The van der Waals surface area contributed by atoms with Crippen LogP contribution < -0.4 is 9.64 Å². The summed E-state index contributed by atoms with van der Waals surface area (Å²) in [6, 6.07) is 10.5. The normalized spacial score (nSPS) is 23.6. The molecule has 2 aliphatic heterocycles. The van der Waals surface area contributed by atoms with Crippen LogP contribution in [0.4, 0.5) is 5.69 Å². The minimum absolute atomic E-state index is 0.0197. The van der Waals surface area contributed by atoms with E-state index in [1.165, 1.54) is 13.1 Å². The predicted octanol–water partition coefficient (Wildman–Crippen LogP) is 4.56. The first-order chi connectivity index (χ1) is 18.1. The zero-order chi connectivity index (χ0) is 27.3. The number of ether oxygens (including phenoxy) is 1. The standard InChI is InChI=1S/C28H37ClN2O6S/c1-30-14-6-3-2-4-7-15-31-16-8-5-9-21-17-24(29)12-10-22(21)19-37-26-13-11-23(18-25(26)31)28(34,27(32)33)20-38(30,35)36/h10-13,17-18,34H,2-9,14-16,19-20H2,1H3,(H,32,33)/t28-/m1/s1. The van der Waals surface area contributed by atoms with Gasteiger partial charge in [-0.25, -0.2) is 17.5 Å². The summed E-state index contributed by atoms with van der Waals surface area (Å²) in [5, 5.41) is 22.1. The summed E-state index contributed by atoms with van der Waals surface area (Å²) in [7, 11) is -2.60. The van der Waals surface area contributed by atoms with Gasteiger partial charge in [0.25, 0.3) is 0 Å². The minimum Gasteiger partial charge on any atom is -0.487 e. The van der Waals surface area contributed by atoms with Crippen molar-refractivity contribution in [1.29, 1.82) is 0 Å². The summed E-state index contributed by atoms with van der Waals surface area (Å²) >= 11 is 6.25. The molecule has 0 unspecified atom stereocenters. The third kappa shape index (κ3) is 6.62. The van der Waals surface area contributed by atoms with Gasteiger partial charge in [-0.1, -0.05) is 43.0 Å². The van der Waals surface area contributed by atoms with Crippen molar-refractivity contribution >= 4 is 33.3 Å². The number of aryl methyl sites for hydroxylation is 1. The van der Waals surface area contributed by atoms with Gasteiger partial charge >= 0.3 is 5.97 Å². The number of carboxylic acids is 1. The number of sulfonamides is 1. The molecule has 0 fully saturated rings. The van der Waals surface area contributed by atoms with E-state index in [4.69, 9.17) is 16.3 Å². The molecule has 208 valence electrons. The number of aliphatic carboxylic acids is 1. The third-order valence-electron chi connectivity index (χ3n) is 7.57. The van der Waals surface area contributed by atoms with Crippen molar-refractivity contribution in [3.05, 3.63) is 58.1 Å². The second-order valence-electron chi connectivity index (χ2n) is 10.3. The maximum Gasteiger partial charge on any atom is 0.341 e. The summed E-state index contributed by atoms with van der Waals surface area (Å²) in [6.45, 7) is 2.08. The number of carbonyl (C=O) groups is 1. The Bertz CT molecular complexity index is 1250. The average molecular weight is 565 g/mol. The number of nitrogens with zero attached hydrogens (tertiary/aromatic N) is 2. The molecule has 2 aromatic rings. The molecule has 0 amide bonds. The fourth-order valence-electron chi connectivity index (χ4n) is 5.19. The van der Waals surface area contributed by atoms with E-state index in [1.807, 2.05) is 18.2 Å². The fourth-order valence-corrected chi connectivity index (χ4v) is 6.83. The number of halogens is 1. The monoisotopic (exact) mass is 564 g/mol. The van der Waals surface area contributed by atoms with Crippen LogP contribution in [0.2, 0.25) is 5.02 Å².